The number of nitrogens with one attached hydrogen (secondary N) is 2. The van der Waals surface area contributed by atoms with Crippen LogP contribution in [0.15, 0.2) is 30.6 Å². The van der Waals surface area contributed by atoms with Gasteiger partial charge in [-0.25, -0.2) is 4.79 Å². The van der Waals surface area contributed by atoms with Gasteiger partial charge in [-0.3, -0.25) is 4.79 Å². The van der Waals surface area contributed by atoms with Crippen LogP contribution in [0, 0.1) is 5.92 Å². The fourth-order valence-electron chi connectivity index (χ4n) is 2.79. The summed E-state index contributed by atoms with van der Waals surface area (Å²) in [7, 11) is 0. The molecule has 0 bridgehead atoms. The van der Waals surface area contributed by atoms with Gasteiger partial charge in [0.05, 0.1) is 5.56 Å². The van der Waals surface area contributed by atoms with E-state index >= 15 is 0 Å². The molecule has 1 saturated heterocycles. The van der Waals surface area contributed by atoms with Crippen LogP contribution in [0.5, 0.6) is 5.06 Å². The third-order valence-electron chi connectivity index (χ3n) is 4.27. The molecule has 134 valence electrons. The molecule has 3 N–H and O–H groups in total. The van der Waals surface area contributed by atoms with Gasteiger partial charge in [-0.2, -0.15) is 0 Å². The van der Waals surface area contributed by atoms with Crippen LogP contribution < -0.4 is 5.32 Å². The van der Waals surface area contributed by atoms with Gasteiger partial charge in [0, 0.05) is 36.9 Å². The van der Waals surface area contributed by atoms with Crippen molar-refractivity contribution in [3.05, 3.63) is 41.0 Å². The van der Waals surface area contributed by atoms with E-state index in [0.29, 0.717) is 31.1 Å². The van der Waals surface area contributed by atoms with Gasteiger partial charge in [-0.05, 0) is 37.0 Å². The first-order chi connectivity index (χ1) is 12.1. The zero-order valence-corrected chi connectivity index (χ0v) is 14.6. The van der Waals surface area contributed by atoms with Crippen molar-refractivity contribution in [2.24, 2.45) is 5.92 Å². The van der Waals surface area contributed by atoms with Crippen molar-refractivity contribution in [2.45, 2.75) is 19.4 Å². The van der Waals surface area contributed by atoms with Crippen LogP contribution in [0.2, 0.25) is 0 Å². The molecule has 3 heterocycles. The third-order valence-corrected chi connectivity index (χ3v) is 5.13. The largest absolute Gasteiger partial charge is 0.499 e. The van der Waals surface area contributed by atoms with E-state index in [1.54, 1.807) is 35.5 Å². The molecule has 1 aliphatic rings. The predicted molar refractivity (Wildman–Crippen MR) is 93.6 cm³/mol. The van der Waals surface area contributed by atoms with Crippen molar-refractivity contribution in [3.8, 4) is 5.06 Å². The number of ether oxygens (including phenoxy) is 1. The Morgan fingerprint density at radius 1 is 1.32 bits per heavy atom. The molecular formula is C17H21N3O4S. The third kappa shape index (κ3) is 4.76. The zero-order valence-electron chi connectivity index (χ0n) is 13.7. The summed E-state index contributed by atoms with van der Waals surface area (Å²) in [5.41, 5.74) is 0.626. The lowest BCUT2D eigenvalue weighted by Gasteiger charge is -2.31. The van der Waals surface area contributed by atoms with Crippen molar-refractivity contribution in [2.75, 3.05) is 19.6 Å². The highest BCUT2D eigenvalue weighted by molar-refractivity contribution is 7.13. The summed E-state index contributed by atoms with van der Waals surface area (Å²) in [5.74, 6) is 0.281. The van der Waals surface area contributed by atoms with E-state index in [1.807, 2.05) is 0 Å². The Morgan fingerprint density at radius 3 is 2.76 bits per heavy atom. The fourth-order valence-corrected chi connectivity index (χ4v) is 3.45. The minimum absolute atomic E-state index is 0.0812. The van der Waals surface area contributed by atoms with Crippen LogP contribution in [-0.2, 0) is 11.3 Å². The molecule has 0 aromatic carbocycles. The number of hydrogen-bond acceptors (Lipinski definition) is 5. The summed E-state index contributed by atoms with van der Waals surface area (Å²) >= 11 is 1.20. The molecule has 0 radical (unpaired) electrons. The van der Waals surface area contributed by atoms with E-state index in [2.05, 4.69) is 10.3 Å². The second-order valence-electron chi connectivity index (χ2n) is 6.03. The van der Waals surface area contributed by atoms with Crippen molar-refractivity contribution < 1.29 is 19.4 Å². The number of aromatic hydroxyl groups is 1. The van der Waals surface area contributed by atoms with Crippen LogP contribution in [0.3, 0.4) is 0 Å². The molecule has 7 nitrogen and oxygen atoms in total. The zero-order chi connectivity index (χ0) is 17.6. The number of amides is 2. The summed E-state index contributed by atoms with van der Waals surface area (Å²) in [6.45, 7) is 2.04. The number of aromatic nitrogens is 1. The maximum absolute atomic E-state index is 12.1. The summed E-state index contributed by atoms with van der Waals surface area (Å²) in [4.78, 5) is 29.4. The molecule has 0 atom stereocenters. The Labute approximate surface area is 149 Å². The van der Waals surface area contributed by atoms with Gasteiger partial charge in [0.25, 0.3) is 5.91 Å². The van der Waals surface area contributed by atoms with Gasteiger partial charge < -0.3 is 25.0 Å². The molecule has 25 heavy (non-hydrogen) atoms. The SMILES string of the molecule is O=C(NCC1CCN(C(=O)OCc2ccc(O)s2)CC1)c1cc[nH]c1. The number of H-pyrrole nitrogens is 1. The number of piperidine rings is 1. The quantitative estimate of drug-likeness (QED) is 0.761. The Balaban J connectivity index is 1.36. The van der Waals surface area contributed by atoms with Gasteiger partial charge in [0.15, 0.2) is 5.06 Å². The summed E-state index contributed by atoms with van der Waals surface area (Å²) < 4.78 is 5.28. The Hall–Kier alpha value is -2.48. The first-order valence-corrected chi connectivity index (χ1v) is 9.04. The number of thiophene rings is 1. The average Bonchev–Trinajstić information content (AvgIpc) is 3.30. The number of aromatic amines is 1. The second kappa shape index (κ2) is 8.06. The Morgan fingerprint density at radius 2 is 2.12 bits per heavy atom. The number of likely N-dealkylation sites (tertiary alicyclic amines) is 1. The topological polar surface area (TPSA) is 94.7 Å². The van der Waals surface area contributed by atoms with Crippen LogP contribution in [0.25, 0.3) is 0 Å². The van der Waals surface area contributed by atoms with Crippen LogP contribution in [0.4, 0.5) is 4.79 Å². The van der Waals surface area contributed by atoms with Crippen LogP contribution >= 0.6 is 11.3 Å². The maximum atomic E-state index is 12.1. The van der Waals surface area contributed by atoms with E-state index in [9.17, 15) is 14.7 Å². The molecule has 0 saturated carbocycles. The number of rotatable bonds is 5. The average molecular weight is 363 g/mol. The monoisotopic (exact) mass is 363 g/mol. The second-order valence-corrected chi connectivity index (χ2v) is 7.18. The van der Waals surface area contributed by atoms with Crippen molar-refractivity contribution in [1.29, 1.82) is 0 Å². The molecule has 2 aromatic rings. The number of carbonyl (C=O) groups excluding carboxylic acids is 2. The summed E-state index contributed by atoms with van der Waals surface area (Å²) in [5, 5.41) is 12.4. The molecule has 2 aromatic heterocycles. The molecule has 8 heteroatoms. The predicted octanol–water partition coefficient (Wildman–Crippen LogP) is 2.56. The molecular weight excluding hydrogens is 342 g/mol. The molecule has 0 spiro atoms. The fraction of sp³-hybridized carbons (Fsp3) is 0.412. The lowest BCUT2D eigenvalue weighted by molar-refractivity contribution is 0.0807. The van der Waals surface area contributed by atoms with Gasteiger partial charge in [0.2, 0.25) is 0 Å². The molecule has 0 unspecified atom stereocenters. The lowest BCUT2D eigenvalue weighted by atomic mass is 9.97. The summed E-state index contributed by atoms with van der Waals surface area (Å²) in [6.07, 6.45) is 4.73. The Kier molecular flexibility index (Phi) is 5.60. The molecule has 1 aliphatic heterocycles. The standard InChI is InChI=1S/C17H21N3O4S/c21-15-2-1-14(25-15)11-24-17(23)20-7-4-12(5-8-20)9-19-16(22)13-3-6-18-10-13/h1-3,6,10,12,18,21H,4-5,7-9,11H2,(H,19,22). The highest BCUT2D eigenvalue weighted by Crippen LogP contribution is 2.23. The normalized spacial score (nSPS) is 15.1. The van der Waals surface area contributed by atoms with Crippen LogP contribution in [-0.4, -0.2) is 46.6 Å². The van der Waals surface area contributed by atoms with E-state index in [0.717, 1.165) is 17.7 Å². The van der Waals surface area contributed by atoms with Gasteiger partial charge >= 0.3 is 6.09 Å². The minimum Gasteiger partial charge on any atom is -0.499 e. The van der Waals surface area contributed by atoms with Crippen LogP contribution in [0.1, 0.15) is 28.1 Å². The van der Waals surface area contributed by atoms with Crippen molar-refractivity contribution >= 4 is 23.3 Å². The lowest BCUT2D eigenvalue weighted by Crippen LogP contribution is -2.41. The number of carbonyl (C=O) groups is 2. The first-order valence-electron chi connectivity index (χ1n) is 8.22. The van der Waals surface area contributed by atoms with E-state index in [4.69, 9.17) is 4.74 Å². The van der Waals surface area contributed by atoms with Gasteiger partial charge in [-0.15, -0.1) is 11.3 Å². The van der Waals surface area contributed by atoms with Gasteiger partial charge in [0.1, 0.15) is 6.61 Å². The molecule has 0 aliphatic carbocycles. The molecule has 2 amide bonds. The highest BCUT2D eigenvalue weighted by Gasteiger charge is 2.24. The highest BCUT2D eigenvalue weighted by atomic mass is 32.1. The Bertz CT molecular complexity index is 705. The van der Waals surface area contributed by atoms with Crippen molar-refractivity contribution in [3.63, 3.8) is 0 Å². The molecule has 3 rings (SSSR count). The number of nitrogens with zero attached hydrogens (tertiary/aromatic N) is 1. The first kappa shape index (κ1) is 17.3. The number of hydrogen-bond donors (Lipinski definition) is 3. The smallest absolute Gasteiger partial charge is 0.410 e. The maximum Gasteiger partial charge on any atom is 0.410 e. The van der Waals surface area contributed by atoms with Gasteiger partial charge in [-0.1, -0.05) is 0 Å². The van der Waals surface area contributed by atoms with Crippen molar-refractivity contribution in [1.82, 2.24) is 15.2 Å². The van der Waals surface area contributed by atoms with E-state index < -0.39 is 0 Å². The van der Waals surface area contributed by atoms with E-state index in [-0.39, 0.29) is 23.7 Å². The molecule has 1 fully saturated rings. The van der Waals surface area contributed by atoms with E-state index in [1.165, 1.54) is 11.3 Å². The minimum atomic E-state index is -0.331. The summed E-state index contributed by atoms with van der Waals surface area (Å²) in [6, 6.07) is 5.06.